The molecule has 1 atom stereocenters. The van der Waals surface area contributed by atoms with Crippen molar-refractivity contribution in [3.05, 3.63) is 76.3 Å². The van der Waals surface area contributed by atoms with E-state index in [0.717, 1.165) is 28.9 Å². The predicted octanol–water partition coefficient (Wildman–Crippen LogP) is 3.83. The number of alkyl halides is 3. The molecule has 1 amide bonds. The maximum atomic E-state index is 13.8. The van der Waals surface area contributed by atoms with Crippen molar-refractivity contribution < 1.29 is 32.2 Å². The van der Waals surface area contributed by atoms with Crippen LogP contribution in [0.25, 0.3) is 16.9 Å². The Morgan fingerprint density at radius 2 is 1.76 bits per heavy atom. The third-order valence-electron chi connectivity index (χ3n) is 5.00. The number of hydrogen-bond acceptors (Lipinski definition) is 5. The average Bonchev–Trinajstić information content (AvgIpc) is 2.72. The molecule has 7 nitrogen and oxygen atoms in total. The number of aliphatic hydroxyl groups is 1. The Labute approximate surface area is 191 Å². The average molecular weight is 479 g/mol. The molecule has 3 aromatic rings. The fourth-order valence-corrected chi connectivity index (χ4v) is 2.86. The fourth-order valence-electron chi connectivity index (χ4n) is 2.86. The van der Waals surface area contributed by atoms with Crippen LogP contribution in [0.1, 0.15) is 31.1 Å². The van der Waals surface area contributed by atoms with Gasteiger partial charge in [-0.25, -0.2) is 4.39 Å². The lowest BCUT2D eigenvalue weighted by Gasteiger charge is -2.26. The zero-order valence-electron chi connectivity index (χ0n) is 18.4. The molecule has 0 radical (unpaired) electrons. The molecule has 1 aromatic heterocycles. The molecule has 0 saturated heterocycles. The molecule has 0 bridgehead atoms. The molecule has 180 valence electrons. The molecule has 3 rings (SSSR count). The summed E-state index contributed by atoms with van der Waals surface area (Å²) >= 11 is 0. The molecule has 0 aliphatic heterocycles. The van der Waals surface area contributed by atoms with Crippen LogP contribution in [0.3, 0.4) is 0 Å². The number of aromatic nitrogens is 2. The number of nitrogens with one attached hydrogen (secondary N) is 1. The molecular weight excluding hydrogens is 458 g/mol. The topological polar surface area (TPSA) is 93.5 Å². The van der Waals surface area contributed by atoms with Gasteiger partial charge in [0.25, 0.3) is 11.5 Å². The van der Waals surface area contributed by atoms with Crippen LogP contribution in [0.5, 0.6) is 5.75 Å². The highest BCUT2D eigenvalue weighted by molar-refractivity contribution is 5.95. The van der Waals surface area contributed by atoms with Gasteiger partial charge in [-0.3, -0.25) is 9.59 Å². The van der Waals surface area contributed by atoms with E-state index in [4.69, 9.17) is 0 Å². The Morgan fingerprint density at radius 1 is 1.12 bits per heavy atom. The van der Waals surface area contributed by atoms with Crippen molar-refractivity contribution in [1.82, 2.24) is 15.1 Å². The standard InChI is InChI=1S/C23H21F4N3O4/c1-13(22(2,3)33)28-20(31)18-12-19(14-7-9-17(10-8-14)34-23(25,26)27)29-30(21(18)32)16-6-4-5-15(24)11-16/h4-13,33H,1-3H3,(H,28,31)/t13-/m1/s1. The second-order valence-corrected chi connectivity index (χ2v) is 8.06. The second kappa shape index (κ2) is 9.26. The zero-order valence-corrected chi connectivity index (χ0v) is 18.4. The van der Waals surface area contributed by atoms with Crippen LogP contribution in [0.15, 0.2) is 59.4 Å². The lowest BCUT2D eigenvalue weighted by Crippen LogP contribution is -2.48. The van der Waals surface area contributed by atoms with Crippen LogP contribution in [-0.4, -0.2) is 38.8 Å². The molecule has 34 heavy (non-hydrogen) atoms. The van der Waals surface area contributed by atoms with Crippen molar-refractivity contribution in [3.8, 4) is 22.7 Å². The SMILES string of the molecule is C[C@@H](NC(=O)c1cc(-c2ccc(OC(F)(F)F)cc2)nn(-c2cccc(F)c2)c1=O)C(C)(C)O. The summed E-state index contributed by atoms with van der Waals surface area (Å²) in [5.41, 5.74) is -2.14. The summed E-state index contributed by atoms with van der Waals surface area (Å²) in [6.07, 6.45) is -4.87. The van der Waals surface area contributed by atoms with Gasteiger partial charge in [-0.2, -0.15) is 9.78 Å². The molecule has 0 aliphatic rings. The van der Waals surface area contributed by atoms with Gasteiger partial charge in [0.1, 0.15) is 17.1 Å². The van der Waals surface area contributed by atoms with E-state index >= 15 is 0 Å². The second-order valence-electron chi connectivity index (χ2n) is 8.06. The van der Waals surface area contributed by atoms with Crippen molar-refractivity contribution in [2.45, 2.75) is 38.8 Å². The van der Waals surface area contributed by atoms with Crippen molar-refractivity contribution in [1.29, 1.82) is 0 Å². The van der Waals surface area contributed by atoms with E-state index in [1.165, 1.54) is 44.2 Å². The van der Waals surface area contributed by atoms with Gasteiger partial charge in [-0.15, -0.1) is 13.2 Å². The van der Waals surface area contributed by atoms with E-state index < -0.39 is 41.0 Å². The van der Waals surface area contributed by atoms with Crippen LogP contribution >= 0.6 is 0 Å². The third kappa shape index (κ3) is 5.98. The third-order valence-corrected chi connectivity index (χ3v) is 5.00. The summed E-state index contributed by atoms with van der Waals surface area (Å²) in [6.45, 7) is 4.50. The van der Waals surface area contributed by atoms with Crippen molar-refractivity contribution in [3.63, 3.8) is 0 Å². The summed E-state index contributed by atoms with van der Waals surface area (Å²) in [7, 11) is 0. The van der Waals surface area contributed by atoms with Crippen LogP contribution in [-0.2, 0) is 0 Å². The first kappa shape index (κ1) is 24.9. The van der Waals surface area contributed by atoms with Crippen LogP contribution in [0, 0.1) is 5.82 Å². The van der Waals surface area contributed by atoms with E-state index in [0.29, 0.717) is 0 Å². The van der Waals surface area contributed by atoms with E-state index in [2.05, 4.69) is 15.2 Å². The van der Waals surface area contributed by atoms with Gasteiger partial charge in [0.15, 0.2) is 0 Å². The molecule has 1 heterocycles. The zero-order chi connectivity index (χ0) is 25.3. The monoisotopic (exact) mass is 479 g/mol. The van der Waals surface area contributed by atoms with Gasteiger partial charge in [0.05, 0.1) is 23.0 Å². The number of rotatable bonds is 6. The molecule has 11 heteroatoms. The molecule has 2 aromatic carbocycles. The lowest BCUT2D eigenvalue weighted by molar-refractivity contribution is -0.274. The number of halogens is 4. The highest BCUT2D eigenvalue weighted by Crippen LogP contribution is 2.26. The highest BCUT2D eigenvalue weighted by Gasteiger charge is 2.31. The molecule has 2 N–H and O–H groups in total. The minimum absolute atomic E-state index is 0.0356. The lowest BCUT2D eigenvalue weighted by atomic mass is 10.0. The van der Waals surface area contributed by atoms with Gasteiger partial charge < -0.3 is 15.2 Å². The molecule has 0 saturated carbocycles. The molecule has 0 spiro atoms. The molecule has 0 fully saturated rings. The predicted molar refractivity (Wildman–Crippen MR) is 115 cm³/mol. The maximum absolute atomic E-state index is 13.8. The number of ether oxygens (including phenoxy) is 1. The minimum Gasteiger partial charge on any atom is -0.406 e. The first-order valence-electron chi connectivity index (χ1n) is 10.0. The number of benzene rings is 2. The largest absolute Gasteiger partial charge is 0.573 e. The van der Waals surface area contributed by atoms with Crippen molar-refractivity contribution in [2.24, 2.45) is 0 Å². The Morgan fingerprint density at radius 3 is 2.32 bits per heavy atom. The van der Waals surface area contributed by atoms with E-state index in [-0.39, 0.29) is 22.5 Å². The van der Waals surface area contributed by atoms with Gasteiger partial charge >= 0.3 is 6.36 Å². The Balaban J connectivity index is 2.11. The quantitative estimate of drug-likeness (QED) is 0.525. The van der Waals surface area contributed by atoms with Crippen molar-refractivity contribution in [2.75, 3.05) is 0 Å². The van der Waals surface area contributed by atoms with Gasteiger partial charge in [-0.1, -0.05) is 6.07 Å². The first-order chi connectivity index (χ1) is 15.7. The van der Waals surface area contributed by atoms with E-state index in [1.807, 2.05) is 0 Å². The summed E-state index contributed by atoms with van der Waals surface area (Å²) in [5.74, 6) is -1.93. The number of hydrogen-bond donors (Lipinski definition) is 2. The van der Waals surface area contributed by atoms with Crippen molar-refractivity contribution >= 4 is 5.91 Å². The van der Waals surface area contributed by atoms with Gasteiger partial charge in [0, 0.05) is 5.56 Å². The van der Waals surface area contributed by atoms with Crippen LogP contribution in [0.4, 0.5) is 17.6 Å². The highest BCUT2D eigenvalue weighted by atomic mass is 19.4. The number of nitrogens with zero attached hydrogens (tertiary/aromatic N) is 2. The number of carbonyl (C=O) groups is 1. The Bertz CT molecular complexity index is 1250. The Hall–Kier alpha value is -3.73. The summed E-state index contributed by atoms with van der Waals surface area (Å²) in [4.78, 5) is 25.9. The van der Waals surface area contributed by atoms with Crippen LogP contribution < -0.4 is 15.6 Å². The van der Waals surface area contributed by atoms with Gasteiger partial charge in [-0.05, 0) is 69.3 Å². The normalized spacial score (nSPS) is 12.8. The van der Waals surface area contributed by atoms with Gasteiger partial charge in [0.2, 0.25) is 0 Å². The maximum Gasteiger partial charge on any atom is 0.573 e. The fraction of sp³-hybridized carbons (Fsp3) is 0.261. The van der Waals surface area contributed by atoms with Crippen LogP contribution in [0.2, 0.25) is 0 Å². The molecule has 0 aliphatic carbocycles. The summed E-state index contributed by atoms with van der Waals surface area (Å²) in [6, 6.07) is 10.0. The number of amides is 1. The smallest absolute Gasteiger partial charge is 0.406 e. The van der Waals surface area contributed by atoms with E-state index in [1.54, 1.807) is 6.92 Å². The van der Waals surface area contributed by atoms with E-state index in [9.17, 15) is 32.3 Å². The number of carbonyl (C=O) groups excluding carboxylic acids is 1. The molecule has 0 unspecified atom stereocenters. The summed E-state index contributed by atoms with van der Waals surface area (Å²) < 4.78 is 55.8. The minimum atomic E-state index is -4.87. The Kier molecular flexibility index (Phi) is 6.78. The molecular formula is C23H21F4N3O4. The first-order valence-corrected chi connectivity index (χ1v) is 10.0. The summed E-state index contributed by atoms with van der Waals surface area (Å²) in [5, 5.41) is 16.8.